The standard InChI is InChI=1S/C12H18BrN5OS/c1-7-12(20-8(2)16-7)10(17-14)11-9(13)6-15-18(11)4-5-19-3/h6,10,17H,4-5,14H2,1-3H3. The summed E-state index contributed by atoms with van der Waals surface area (Å²) >= 11 is 5.18. The SMILES string of the molecule is COCCn1ncc(Br)c1C(NN)c1sc(C)nc1C. The van der Waals surface area contributed by atoms with Crippen LogP contribution in [0.1, 0.15) is 27.3 Å². The predicted octanol–water partition coefficient (Wildman–Crippen LogP) is 1.92. The van der Waals surface area contributed by atoms with Gasteiger partial charge in [0.15, 0.2) is 0 Å². The molecule has 0 spiro atoms. The second-order valence-corrected chi connectivity index (χ2v) is 6.47. The molecule has 0 radical (unpaired) electrons. The number of nitrogens with zero attached hydrogens (tertiary/aromatic N) is 3. The number of hydrazine groups is 1. The number of halogens is 1. The largest absolute Gasteiger partial charge is 0.383 e. The van der Waals surface area contributed by atoms with Gasteiger partial charge in [0.25, 0.3) is 0 Å². The Hall–Kier alpha value is -0.800. The number of methoxy groups -OCH3 is 1. The zero-order valence-electron chi connectivity index (χ0n) is 11.7. The Bertz CT molecular complexity index is 582. The molecule has 0 amide bonds. The topological polar surface area (TPSA) is 78.0 Å². The van der Waals surface area contributed by atoms with E-state index in [9.17, 15) is 0 Å². The quantitative estimate of drug-likeness (QED) is 0.608. The number of rotatable bonds is 6. The Balaban J connectivity index is 2.41. The lowest BCUT2D eigenvalue weighted by Crippen LogP contribution is -2.31. The van der Waals surface area contributed by atoms with Gasteiger partial charge in [-0.3, -0.25) is 10.5 Å². The molecule has 1 unspecified atom stereocenters. The lowest BCUT2D eigenvalue weighted by molar-refractivity contribution is 0.182. The zero-order valence-corrected chi connectivity index (χ0v) is 14.1. The van der Waals surface area contributed by atoms with Gasteiger partial charge in [0, 0.05) is 7.11 Å². The lowest BCUT2D eigenvalue weighted by atomic mass is 10.1. The fourth-order valence-corrected chi connectivity index (χ4v) is 3.63. The summed E-state index contributed by atoms with van der Waals surface area (Å²) in [5.41, 5.74) is 4.84. The van der Waals surface area contributed by atoms with Gasteiger partial charge in [0.1, 0.15) is 0 Å². The Morgan fingerprint density at radius 2 is 2.30 bits per heavy atom. The van der Waals surface area contributed by atoms with Crippen LogP contribution >= 0.6 is 27.3 Å². The fourth-order valence-electron chi connectivity index (χ4n) is 2.11. The van der Waals surface area contributed by atoms with E-state index in [0.717, 1.165) is 25.7 Å². The molecule has 0 aliphatic rings. The molecular formula is C12H18BrN5OS. The highest BCUT2D eigenvalue weighted by molar-refractivity contribution is 9.10. The summed E-state index contributed by atoms with van der Waals surface area (Å²) < 4.78 is 7.93. The number of aryl methyl sites for hydroxylation is 2. The third kappa shape index (κ3) is 3.09. The maximum absolute atomic E-state index is 5.78. The van der Waals surface area contributed by atoms with Crippen molar-refractivity contribution < 1.29 is 4.74 Å². The van der Waals surface area contributed by atoms with Crippen molar-refractivity contribution in [3.8, 4) is 0 Å². The van der Waals surface area contributed by atoms with E-state index < -0.39 is 0 Å². The van der Waals surface area contributed by atoms with E-state index in [4.69, 9.17) is 10.6 Å². The minimum Gasteiger partial charge on any atom is -0.383 e. The molecule has 6 nitrogen and oxygen atoms in total. The molecule has 2 aromatic rings. The highest BCUT2D eigenvalue weighted by atomic mass is 79.9. The predicted molar refractivity (Wildman–Crippen MR) is 82.6 cm³/mol. The summed E-state index contributed by atoms with van der Waals surface area (Å²) in [4.78, 5) is 5.57. The summed E-state index contributed by atoms with van der Waals surface area (Å²) in [7, 11) is 1.67. The van der Waals surface area contributed by atoms with Crippen LogP contribution in [0.4, 0.5) is 0 Å². The molecule has 3 N–H and O–H groups in total. The van der Waals surface area contributed by atoms with Crippen LogP contribution in [0, 0.1) is 13.8 Å². The molecule has 2 rings (SSSR count). The second-order valence-electron chi connectivity index (χ2n) is 4.38. The second kappa shape index (κ2) is 6.77. The molecule has 110 valence electrons. The highest BCUT2D eigenvalue weighted by Crippen LogP contribution is 2.33. The molecular weight excluding hydrogens is 342 g/mol. The number of hydrogen-bond donors (Lipinski definition) is 2. The maximum atomic E-state index is 5.78. The van der Waals surface area contributed by atoms with Crippen molar-refractivity contribution in [1.29, 1.82) is 0 Å². The van der Waals surface area contributed by atoms with Gasteiger partial charge in [-0.2, -0.15) is 5.10 Å². The van der Waals surface area contributed by atoms with E-state index >= 15 is 0 Å². The third-order valence-electron chi connectivity index (χ3n) is 2.98. The average Bonchev–Trinajstić information content (AvgIpc) is 2.93. The first kappa shape index (κ1) is 15.6. The molecule has 0 saturated heterocycles. The minimum absolute atomic E-state index is 0.144. The van der Waals surface area contributed by atoms with Gasteiger partial charge in [0.05, 0.1) is 51.1 Å². The monoisotopic (exact) mass is 359 g/mol. The van der Waals surface area contributed by atoms with Crippen LogP contribution in [0.25, 0.3) is 0 Å². The smallest absolute Gasteiger partial charge is 0.1000 e. The van der Waals surface area contributed by atoms with Crippen LogP contribution in [-0.2, 0) is 11.3 Å². The average molecular weight is 360 g/mol. The first-order chi connectivity index (χ1) is 9.58. The van der Waals surface area contributed by atoms with Gasteiger partial charge < -0.3 is 4.74 Å². The van der Waals surface area contributed by atoms with E-state index in [1.54, 1.807) is 24.6 Å². The summed E-state index contributed by atoms with van der Waals surface area (Å²) in [6, 6.07) is -0.144. The zero-order chi connectivity index (χ0) is 14.7. The molecule has 8 heteroatoms. The molecule has 2 heterocycles. The number of thiazole rings is 1. The number of ether oxygens (including phenoxy) is 1. The number of hydrogen-bond acceptors (Lipinski definition) is 6. The number of nitrogens with two attached hydrogens (primary N) is 1. The molecule has 0 bridgehead atoms. The Labute approximate surface area is 130 Å². The molecule has 0 aliphatic carbocycles. The van der Waals surface area contributed by atoms with Crippen LogP contribution in [0.2, 0.25) is 0 Å². The number of aromatic nitrogens is 3. The van der Waals surface area contributed by atoms with E-state index in [2.05, 4.69) is 31.4 Å². The van der Waals surface area contributed by atoms with E-state index in [-0.39, 0.29) is 6.04 Å². The maximum Gasteiger partial charge on any atom is 0.1000 e. The van der Waals surface area contributed by atoms with Crippen molar-refractivity contribution >= 4 is 27.3 Å². The van der Waals surface area contributed by atoms with Crippen molar-refractivity contribution in [3.05, 3.63) is 31.9 Å². The van der Waals surface area contributed by atoms with Crippen LogP contribution in [0.5, 0.6) is 0 Å². The van der Waals surface area contributed by atoms with Crippen molar-refractivity contribution in [2.24, 2.45) is 5.84 Å². The lowest BCUT2D eigenvalue weighted by Gasteiger charge is -2.17. The molecule has 0 aromatic carbocycles. The van der Waals surface area contributed by atoms with E-state index in [1.165, 1.54) is 0 Å². The Morgan fingerprint density at radius 3 is 2.85 bits per heavy atom. The summed E-state index contributed by atoms with van der Waals surface area (Å²) in [5, 5.41) is 5.39. The van der Waals surface area contributed by atoms with Crippen molar-refractivity contribution in [3.63, 3.8) is 0 Å². The first-order valence-corrected chi connectivity index (χ1v) is 7.79. The first-order valence-electron chi connectivity index (χ1n) is 6.18. The number of nitrogens with one attached hydrogen (secondary N) is 1. The molecule has 0 aliphatic heterocycles. The Kier molecular flexibility index (Phi) is 5.28. The van der Waals surface area contributed by atoms with Gasteiger partial charge in [0.2, 0.25) is 0 Å². The molecule has 0 saturated carbocycles. The molecule has 0 fully saturated rings. The van der Waals surface area contributed by atoms with E-state index in [0.29, 0.717) is 13.2 Å². The molecule has 1 atom stereocenters. The van der Waals surface area contributed by atoms with Crippen LogP contribution in [0.15, 0.2) is 10.7 Å². The van der Waals surface area contributed by atoms with Crippen molar-refractivity contribution in [2.75, 3.05) is 13.7 Å². The fraction of sp³-hybridized carbons (Fsp3) is 0.500. The van der Waals surface area contributed by atoms with Gasteiger partial charge in [-0.25, -0.2) is 10.4 Å². The highest BCUT2D eigenvalue weighted by Gasteiger charge is 2.24. The summed E-state index contributed by atoms with van der Waals surface area (Å²) in [5.74, 6) is 5.78. The van der Waals surface area contributed by atoms with Crippen molar-refractivity contribution in [2.45, 2.75) is 26.4 Å². The normalized spacial score (nSPS) is 12.8. The van der Waals surface area contributed by atoms with Crippen LogP contribution < -0.4 is 11.3 Å². The van der Waals surface area contributed by atoms with Crippen LogP contribution in [-0.4, -0.2) is 28.5 Å². The van der Waals surface area contributed by atoms with Crippen molar-refractivity contribution in [1.82, 2.24) is 20.2 Å². The summed E-state index contributed by atoms with van der Waals surface area (Å²) in [6.45, 7) is 5.25. The van der Waals surface area contributed by atoms with Gasteiger partial charge in [-0.15, -0.1) is 11.3 Å². The van der Waals surface area contributed by atoms with Crippen LogP contribution in [0.3, 0.4) is 0 Å². The van der Waals surface area contributed by atoms with E-state index in [1.807, 2.05) is 18.5 Å². The van der Waals surface area contributed by atoms with Gasteiger partial charge in [-0.1, -0.05) is 0 Å². The molecule has 20 heavy (non-hydrogen) atoms. The minimum atomic E-state index is -0.144. The van der Waals surface area contributed by atoms with Gasteiger partial charge in [-0.05, 0) is 29.8 Å². The summed E-state index contributed by atoms with van der Waals surface area (Å²) in [6.07, 6.45) is 1.78. The van der Waals surface area contributed by atoms with Gasteiger partial charge >= 0.3 is 0 Å². The Morgan fingerprint density at radius 1 is 1.55 bits per heavy atom. The molecule has 2 aromatic heterocycles. The third-order valence-corrected chi connectivity index (χ3v) is 4.73.